The maximum absolute atomic E-state index is 12.8. The van der Waals surface area contributed by atoms with E-state index < -0.39 is 0 Å². The summed E-state index contributed by atoms with van der Waals surface area (Å²) in [6, 6.07) is 18.1. The Morgan fingerprint density at radius 2 is 1.86 bits per heavy atom. The molecule has 1 amide bonds. The van der Waals surface area contributed by atoms with E-state index in [1.54, 1.807) is 0 Å². The third-order valence-corrected chi connectivity index (χ3v) is 6.51. The zero-order valence-electron chi connectivity index (χ0n) is 16.4. The number of anilines is 1. The summed E-state index contributed by atoms with van der Waals surface area (Å²) in [5.74, 6) is -0.0886. The van der Waals surface area contributed by atoms with Crippen LogP contribution in [0.5, 0.6) is 0 Å². The maximum atomic E-state index is 12.8. The molecule has 1 N–H and O–H groups in total. The van der Waals surface area contributed by atoms with Crippen molar-refractivity contribution in [1.29, 1.82) is 0 Å². The van der Waals surface area contributed by atoms with Crippen molar-refractivity contribution in [1.82, 2.24) is 9.78 Å². The lowest BCUT2D eigenvalue weighted by Gasteiger charge is -2.05. The number of rotatable bonds is 6. The zero-order chi connectivity index (χ0) is 20.4. The minimum atomic E-state index is -0.0886. The molecule has 0 fully saturated rings. The summed E-state index contributed by atoms with van der Waals surface area (Å²) in [7, 11) is 0. The lowest BCUT2D eigenvalue weighted by molar-refractivity contribution is 0.103. The van der Waals surface area contributed by atoms with Crippen LogP contribution in [0.15, 0.2) is 59.1 Å². The van der Waals surface area contributed by atoms with Gasteiger partial charge in [0.2, 0.25) is 0 Å². The van der Waals surface area contributed by atoms with Gasteiger partial charge in [0, 0.05) is 15.5 Å². The van der Waals surface area contributed by atoms with Crippen molar-refractivity contribution in [3.05, 3.63) is 75.2 Å². The van der Waals surface area contributed by atoms with E-state index in [1.807, 2.05) is 54.1 Å². The number of halogens is 1. The molecule has 4 aromatic rings. The van der Waals surface area contributed by atoms with Crippen LogP contribution in [0.2, 0.25) is 0 Å². The molecule has 2 heterocycles. The molecule has 148 valence electrons. The van der Waals surface area contributed by atoms with Crippen LogP contribution in [0.3, 0.4) is 0 Å². The van der Waals surface area contributed by atoms with Crippen LogP contribution in [0.25, 0.3) is 15.9 Å². The van der Waals surface area contributed by atoms with Gasteiger partial charge in [0.05, 0.1) is 16.3 Å². The lowest BCUT2D eigenvalue weighted by Crippen LogP contribution is -2.10. The van der Waals surface area contributed by atoms with E-state index in [-0.39, 0.29) is 5.91 Å². The molecular formula is C23H22BrN3OS. The Labute approximate surface area is 182 Å². The maximum Gasteiger partial charge on any atom is 0.265 e. The van der Waals surface area contributed by atoms with E-state index in [4.69, 9.17) is 0 Å². The summed E-state index contributed by atoms with van der Waals surface area (Å²) in [6.07, 6.45) is 3.44. The van der Waals surface area contributed by atoms with Crippen LogP contribution in [-0.2, 0) is 6.42 Å². The highest BCUT2D eigenvalue weighted by molar-refractivity contribution is 9.10. The summed E-state index contributed by atoms with van der Waals surface area (Å²) in [6.45, 7) is 4.17. The number of nitrogens with zero attached hydrogens (tertiary/aromatic N) is 2. The Kier molecular flexibility index (Phi) is 5.83. The molecule has 0 saturated heterocycles. The van der Waals surface area contributed by atoms with Crippen LogP contribution in [0.1, 0.15) is 40.7 Å². The highest BCUT2D eigenvalue weighted by Gasteiger charge is 2.17. The SMILES string of the molecule is CCCCc1ccc(NC(=O)c2cc3c(C)nn(-c4ccc(Br)cc4)c3s2)cc1. The molecule has 4 rings (SSSR count). The molecule has 2 aromatic heterocycles. The Hall–Kier alpha value is -2.44. The number of thiophene rings is 1. The summed E-state index contributed by atoms with van der Waals surface area (Å²) < 4.78 is 2.93. The largest absolute Gasteiger partial charge is 0.321 e. The fourth-order valence-electron chi connectivity index (χ4n) is 3.24. The predicted molar refractivity (Wildman–Crippen MR) is 124 cm³/mol. The number of hydrogen-bond donors (Lipinski definition) is 1. The molecule has 6 heteroatoms. The number of hydrogen-bond acceptors (Lipinski definition) is 3. The number of nitrogens with one attached hydrogen (secondary N) is 1. The molecule has 0 aliphatic heterocycles. The zero-order valence-corrected chi connectivity index (χ0v) is 18.8. The Bertz CT molecular complexity index is 1140. The average Bonchev–Trinajstić information content (AvgIpc) is 3.29. The molecule has 0 aliphatic rings. The number of carbonyl (C=O) groups excluding carboxylic acids is 1. The topological polar surface area (TPSA) is 46.9 Å². The van der Waals surface area contributed by atoms with Gasteiger partial charge < -0.3 is 5.32 Å². The predicted octanol–water partition coefficient (Wildman–Crippen LogP) is 6.75. The standard InChI is InChI=1S/C23H22BrN3OS/c1-3-4-5-16-6-10-18(11-7-16)25-22(28)21-14-20-15(2)26-27(23(20)29-21)19-12-8-17(24)9-13-19/h6-14H,3-5H2,1-2H3,(H,25,28). The number of benzene rings is 2. The second kappa shape index (κ2) is 8.51. The molecule has 0 atom stereocenters. The molecule has 0 spiro atoms. The number of carbonyl (C=O) groups is 1. The summed E-state index contributed by atoms with van der Waals surface area (Å²) in [5, 5.41) is 8.67. The van der Waals surface area contributed by atoms with E-state index in [0.717, 1.165) is 38.2 Å². The molecule has 0 aliphatic carbocycles. The highest BCUT2D eigenvalue weighted by atomic mass is 79.9. The normalized spacial score (nSPS) is 11.1. The van der Waals surface area contributed by atoms with Crippen molar-refractivity contribution in [3.63, 3.8) is 0 Å². The van der Waals surface area contributed by atoms with Gasteiger partial charge in [-0.2, -0.15) is 5.10 Å². The van der Waals surface area contributed by atoms with E-state index in [9.17, 15) is 4.79 Å². The van der Waals surface area contributed by atoms with Crippen LogP contribution in [0, 0.1) is 6.92 Å². The van der Waals surface area contributed by atoms with E-state index in [1.165, 1.54) is 29.7 Å². The molecule has 4 nitrogen and oxygen atoms in total. The second-order valence-corrected chi connectivity index (χ2v) is 9.00. The van der Waals surface area contributed by atoms with Gasteiger partial charge in [-0.1, -0.05) is 41.4 Å². The molecule has 0 unspecified atom stereocenters. The first-order valence-corrected chi connectivity index (χ1v) is 11.3. The molecule has 2 aromatic carbocycles. The third kappa shape index (κ3) is 4.28. The first-order valence-electron chi connectivity index (χ1n) is 9.70. The van der Waals surface area contributed by atoms with Gasteiger partial charge in [0.1, 0.15) is 4.83 Å². The van der Waals surface area contributed by atoms with Gasteiger partial charge >= 0.3 is 0 Å². The van der Waals surface area contributed by atoms with Crippen molar-refractivity contribution >= 4 is 49.1 Å². The molecule has 29 heavy (non-hydrogen) atoms. The van der Waals surface area contributed by atoms with E-state index in [2.05, 4.69) is 45.4 Å². The number of fused-ring (bicyclic) bond motifs is 1. The van der Waals surface area contributed by atoms with Gasteiger partial charge in [0.15, 0.2) is 0 Å². The van der Waals surface area contributed by atoms with Crippen LogP contribution in [-0.4, -0.2) is 15.7 Å². The summed E-state index contributed by atoms with van der Waals surface area (Å²) in [5.41, 5.74) is 4.01. The van der Waals surface area contributed by atoms with Gasteiger partial charge in [-0.25, -0.2) is 4.68 Å². The minimum Gasteiger partial charge on any atom is -0.321 e. The second-order valence-electron chi connectivity index (χ2n) is 7.06. The van der Waals surface area contributed by atoms with Crippen LogP contribution >= 0.6 is 27.3 Å². The number of aryl methyl sites for hydroxylation is 2. The third-order valence-electron chi connectivity index (χ3n) is 4.87. The first kappa shape index (κ1) is 19.9. The van der Waals surface area contributed by atoms with E-state index >= 15 is 0 Å². The van der Waals surface area contributed by atoms with Crippen LogP contribution in [0.4, 0.5) is 5.69 Å². The quantitative estimate of drug-likeness (QED) is 0.340. The number of amides is 1. The highest BCUT2D eigenvalue weighted by Crippen LogP contribution is 2.31. The number of aromatic nitrogens is 2. The first-order chi connectivity index (χ1) is 14.0. The summed E-state index contributed by atoms with van der Waals surface area (Å²) >= 11 is 4.93. The lowest BCUT2D eigenvalue weighted by atomic mass is 10.1. The fraction of sp³-hybridized carbons (Fsp3) is 0.217. The van der Waals surface area contributed by atoms with Crippen LogP contribution < -0.4 is 5.32 Å². The van der Waals surface area contributed by atoms with Crippen molar-refractivity contribution in [2.75, 3.05) is 5.32 Å². The molecule has 0 bridgehead atoms. The molecule has 0 radical (unpaired) electrons. The van der Waals surface area contributed by atoms with Gasteiger partial charge in [-0.3, -0.25) is 4.79 Å². The molecule has 0 saturated carbocycles. The Morgan fingerprint density at radius 1 is 1.14 bits per heavy atom. The minimum absolute atomic E-state index is 0.0886. The molecular weight excluding hydrogens is 446 g/mol. The smallest absolute Gasteiger partial charge is 0.265 e. The van der Waals surface area contributed by atoms with Gasteiger partial charge in [-0.15, -0.1) is 11.3 Å². The fourth-order valence-corrected chi connectivity index (χ4v) is 4.59. The summed E-state index contributed by atoms with van der Waals surface area (Å²) in [4.78, 5) is 14.5. The number of unbranched alkanes of at least 4 members (excludes halogenated alkanes) is 1. The van der Waals surface area contributed by atoms with Crippen molar-refractivity contribution < 1.29 is 4.79 Å². The van der Waals surface area contributed by atoms with Crippen molar-refractivity contribution in [2.24, 2.45) is 0 Å². The van der Waals surface area contributed by atoms with E-state index in [0.29, 0.717) is 4.88 Å². The monoisotopic (exact) mass is 467 g/mol. The van der Waals surface area contributed by atoms with Crippen molar-refractivity contribution in [3.8, 4) is 5.69 Å². The Morgan fingerprint density at radius 3 is 2.55 bits per heavy atom. The van der Waals surface area contributed by atoms with Gasteiger partial charge in [-0.05, 0) is 67.8 Å². The van der Waals surface area contributed by atoms with Crippen molar-refractivity contribution in [2.45, 2.75) is 33.1 Å². The average molecular weight is 468 g/mol. The Balaban J connectivity index is 1.57. The van der Waals surface area contributed by atoms with Gasteiger partial charge in [0.25, 0.3) is 5.91 Å².